The lowest BCUT2D eigenvalue weighted by Gasteiger charge is -2.00. The maximum absolute atomic E-state index is 3.84. The van der Waals surface area contributed by atoms with Gasteiger partial charge in [-0.2, -0.15) is 0 Å². The van der Waals surface area contributed by atoms with E-state index in [1.165, 1.54) is 37.7 Å². The second-order valence-corrected chi connectivity index (χ2v) is 3.67. The molecular weight excluding hydrogens is 168 g/mol. The van der Waals surface area contributed by atoms with Gasteiger partial charge in [-0.15, -0.1) is 0 Å². The van der Waals surface area contributed by atoms with Crippen LogP contribution in [0.3, 0.4) is 0 Å². The van der Waals surface area contributed by atoms with E-state index in [4.69, 9.17) is 0 Å². The average Bonchev–Trinajstić information content (AvgIpc) is 2.25. The standard InChI is InChI=1S/C14H20/c1-2-3-4-5-6-8-11-14-12-9-7-10-13-14/h7,9-13H,1-6,8H2. The van der Waals surface area contributed by atoms with Crippen LogP contribution >= 0.6 is 0 Å². The van der Waals surface area contributed by atoms with Crippen LogP contribution in [0.5, 0.6) is 0 Å². The molecule has 1 rings (SSSR count). The minimum atomic E-state index is 1.09. The van der Waals surface area contributed by atoms with Gasteiger partial charge in [0.1, 0.15) is 0 Å². The van der Waals surface area contributed by atoms with E-state index >= 15 is 0 Å². The summed E-state index contributed by atoms with van der Waals surface area (Å²) in [5, 5.41) is 0. The molecule has 2 radical (unpaired) electrons. The average molecular weight is 188 g/mol. The molecular formula is C14H20. The summed E-state index contributed by atoms with van der Waals surface area (Å²) in [6.07, 6.45) is 9.90. The molecule has 0 unspecified atom stereocenters. The lowest BCUT2D eigenvalue weighted by Crippen LogP contribution is -1.82. The van der Waals surface area contributed by atoms with Crippen molar-refractivity contribution in [3.8, 4) is 0 Å². The zero-order valence-corrected chi connectivity index (χ0v) is 8.91. The van der Waals surface area contributed by atoms with E-state index in [2.05, 4.69) is 43.7 Å². The molecule has 0 heteroatoms. The monoisotopic (exact) mass is 188 g/mol. The fraction of sp³-hybridized carbons (Fsp3) is 0.429. The summed E-state index contributed by atoms with van der Waals surface area (Å²) in [5.74, 6) is 0. The zero-order chi connectivity index (χ0) is 10.1. The van der Waals surface area contributed by atoms with Gasteiger partial charge in [0.05, 0.1) is 0 Å². The normalized spacial score (nSPS) is 10.4. The molecule has 0 aliphatic heterocycles. The van der Waals surface area contributed by atoms with Gasteiger partial charge in [-0.1, -0.05) is 69.4 Å². The van der Waals surface area contributed by atoms with Gasteiger partial charge in [0.25, 0.3) is 0 Å². The summed E-state index contributed by atoms with van der Waals surface area (Å²) in [6, 6.07) is 10.6. The molecule has 0 bridgehead atoms. The number of unbranched alkanes of at least 4 members (excludes halogenated alkanes) is 5. The molecule has 0 aliphatic carbocycles. The third-order valence-corrected chi connectivity index (χ3v) is 2.38. The van der Waals surface area contributed by atoms with Crippen molar-refractivity contribution in [2.75, 3.05) is 0 Å². The van der Waals surface area contributed by atoms with Gasteiger partial charge < -0.3 is 0 Å². The first-order valence-corrected chi connectivity index (χ1v) is 5.61. The Labute approximate surface area is 88.4 Å². The maximum atomic E-state index is 3.84. The topological polar surface area (TPSA) is 0 Å². The van der Waals surface area contributed by atoms with Crippen LogP contribution in [0.15, 0.2) is 30.3 Å². The number of benzene rings is 1. The number of rotatable bonds is 7. The number of hydrogen-bond acceptors (Lipinski definition) is 0. The highest BCUT2D eigenvalue weighted by Gasteiger charge is 1.92. The van der Waals surface area contributed by atoms with E-state index in [1.807, 2.05) is 0 Å². The first-order valence-electron chi connectivity index (χ1n) is 5.61. The van der Waals surface area contributed by atoms with Crippen molar-refractivity contribution in [2.45, 2.75) is 38.5 Å². The maximum Gasteiger partial charge on any atom is -0.00931 e. The molecule has 76 valence electrons. The third-order valence-electron chi connectivity index (χ3n) is 2.38. The molecule has 0 amide bonds. The summed E-state index contributed by atoms with van der Waals surface area (Å²) < 4.78 is 0. The van der Waals surface area contributed by atoms with Gasteiger partial charge in [0.2, 0.25) is 0 Å². The molecule has 0 heterocycles. The van der Waals surface area contributed by atoms with E-state index in [-0.39, 0.29) is 0 Å². The molecule has 0 fully saturated rings. The SMILES string of the molecule is [CH2]CCCCCC[CH]c1ccccc1. The summed E-state index contributed by atoms with van der Waals surface area (Å²) in [6.45, 7) is 3.84. The van der Waals surface area contributed by atoms with E-state index < -0.39 is 0 Å². The third kappa shape index (κ3) is 5.06. The van der Waals surface area contributed by atoms with Gasteiger partial charge in [-0.25, -0.2) is 0 Å². The smallest absolute Gasteiger partial charge is 0.00931 e. The molecule has 0 N–H and O–H groups in total. The quantitative estimate of drug-likeness (QED) is 0.556. The molecule has 0 aromatic heterocycles. The van der Waals surface area contributed by atoms with Crippen LogP contribution in [0, 0.1) is 13.3 Å². The molecule has 0 atom stereocenters. The Morgan fingerprint density at radius 2 is 1.64 bits per heavy atom. The molecule has 1 aromatic rings. The second-order valence-electron chi connectivity index (χ2n) is 3.67. The summed E-state index contributed by atoms with van der Waals surface area (Å²) in [7, 11) is 0. The second kappa shape index (κ2) is 7.61. The van der Waals surface area contributed by atoms with E-state index in [1.54, 1.807) is 0 Å². The van der Waals surface area contributed by atoms with Crippen LogP contribution in [0.2, 0.25) is 0 Å². The van der Waals surface area contributed by atoms with Gasteiger partial charge in [-0.3, -0.25) is 0 Å². The molecule has 0 aliphatic rings. The van der Waals surface area contributed by atoms with Crippen molar-refractivity contribution in [1.82, 2.24) is 0 Å². The van der Waals surface area contributed by atoms with E-state index in [9.17, 15) is 0 Å². The Morgan fingerprint density at radius 3 is 2.36 bits per heavy atom. The van der Waals surface area contributed by atoms with E-state index in [0.717, 1.165) is 6.42 Å². The minimum Gasteiger partial charge on any atom is -0.0622 e. The first-order chi connectivity index (χ1) is 6.93. The Kier molecular flexibility index (Phi) is 6.14. The van der Waals surface area contributed by atoms with E-state index in [0.29, 0.717) is 0 Å². The minimum absolute atomic E-state index is 1.09. The van der Waals surface area contributed by atoms with Crippen LogP contribution in [0.1, 0.15) is 44.1 Å². The first kappa shape index (κ1) is 11.3. The van der Waals surface area contributed by atoms with Crippen molar-refractivity contribution < 1.29 is 0 Å². The highest BCUT2D eigenvalue weighted by molar-refractivity contribution is 5.21. The van der Waals surface area contributed by atoms with Gasteiger partial charge in [0.15, 0.2) is 0 Å². The molecule has 1 aromatic carbocycles. The summed E-state index contributed by atoms with van der Waals surface area (Å²) in [4.78, 5) is 0. The van der Waals surface area contributed by atoms with Gasteiger partial charge in [-0.05, 0) is 18.4 Å². The van der Waals surface area contributed by atoms with Crippen LogP contribution in [-0.4, -0.2) is 0 Å². The van der Waals surface area contributed by atoms with Crippen LogP contribution in [0.4, 0.5) is 0 Å². The number of hydrogen-bond donors (Lipinski definition) is 0. The summed E-state index contributed by atoms with van der Waals surface area (Å²) in [5.41, 5.74) is 1.35. The molecule has 0 saturated heterocycles. The van der Waals surface area contributed by atoms with Gasteiger partial charge >= 0.3 is 0 Å². The molecule has 14 heavy (non-hydrogen) atoms. The van der Waals surface area contributed by atoms with Crippen molar-refractivity contribution in [2.24, 2.45) is 0 Å². The van der Waals surface area contributed by atoms with Crippen molar-refractivity contribution in [1.29, 1.82) is 0 Å². The Morgan fingerprint density at radius 1 is 0.929 bits per heavy atom. The largest absolute Gasteiger partial charge is 0.0622 e. The molecule has 0 saturated carbocycles. The highest BCUT2D eigenvalue weighted by Crippen LogP contribution is 2.10. The van der Waals surface area contributed by atoms with Gasteiger partial charge in [0, 0.05) is 0 Å². The van der Waals surface area contributed by atoms with Crippen LogP contribution < -0.4 is 0 Å². The predicted molar refractivity (Wildman–Crippen MR) is 62.9 cm³/mol. The Hall–Kier alpha value is -0.780. The van der Waals surface area contributed by atoms with Crippen LogP contribution in [-0.2, 0) is 0 Å². The van der Waals surface area contributed by atoms with Crippen molar-refractivity contribution >= 4 is 0 Å². The molecule has 0 nitrogen and oxygen atoms in total. The van der Waals surface area contributed by atoms with Crippen molar-refractivity contribution in [3.63, 3.8) is 0 Å². The fourth-order valence-corrected chi connectivity index (χ4v) is 1.53. The molecule has 0 spiro atoms. The van der Waals surface area contributed by atoms with Crippen LogP contribution in [0.25, 0.3) is 0 Å². The summed E-state index contributed by atoms with van der Waals surface area (Å²) >= 11 is 0. The predicted octanol–water partition coefficient (Wildman–Crippen LogP) is 4.41. The Balaban J connectivity index is 1.99. The fourth-order valence-electron chi connectivity index (χ4n) is 1.53. The Bertz CT molecular complexity index is 213. The van der Waals surface area contributed by atoms with Crippen molar-refractivity contribution in [3.05, 3.63) is 49.2 Å². The highest BCUT2D eigenvalue weighted by atomic mass is 14.0. The zero-order valence-electron chi connectivity index (χ0n) is 8.91. The lowest BCUT2D eigenvalue weighted by atomic mass is 10.1. The lowest BCUT2D eigenvalue weighted by molar-refractivity contribution is 0.644.